The Morgan fingerprint density at radius 3 is 2.39 bits per heavy atom. The van der Waals surface area contributed by atoms with Crippen LogP contribution in [0, 0.1) is 0 Å². The fraction of sp³-hybridized carbons (Fsp3) is 0.636. The quantitative estimate of drug-likeness (QED) is 0.676. The van der Waals surface area contributed by atoms with E-state index < -0.39 is 16.1 Å². The third-order valence-corrected chi connectivity index (χ3v) is 8.08. The van der Waals surface area contributed by atoms with Crippen molar-refractivity contribution >= 4 is 21.8 Å². The number of carbonyl (C=O) groups excluding carboxylic acids is 2. The van der Waals surface area contributed by atoms with Crippen molar-refractivity contribution in [3.05, 3.63) is 30.3 Å². The molecule has 0 aliphatic carbocycles. The number of carbonyl (C=O) groups is 2. The van der Waals surface area contributed by atoms with E-state index in [0.29, 0.717) is 45.7 Å². The first-order valence-corrected chi connectivity index (χ1v) is 12.6. The predicted molar refractivity (Wildman–Crippen MR) is 119 cm³/mol. The van der Waals surface area contributed by atoms with Gasteiger partial charge in [-0.1, -0.05) is 31.5 Å². The lowest BCUT2D eigenvalue weighted by Crippen LogP contribution is -2.57. The maximum absolute atomic E-state index is 13.3. The fourth-order valence-corrected chi connectivity index (χ4v) is 5.80. The number of nitrogens with zero attached hydrogens (tertiary/aromatic N) is 3. The molecule has 2 saturated heterocycles. The fourth-order valence-electron chi connectivity index (χ4n) is 4.13. The van der Waals surface area contributed by atoms with Crippen LogP contribution in [0.1, 0.15) is 39.5 Å². The van der Waals surface area contributed by atoms with Crippen molar-refractivity contribution in [2.24, 2.45) is 0 Å². The molecule has 8 nitrogen and oxygen atoms in total. The Labute approximate surface area is 185 Å². The number of hydrogen-bond acceptors (Lipinski definition) is 5. The van der Waals surface area contributed by atoms with Gasteiger partial charge in [0.05, 0.1) is 11.4 Å². The minimum absolute atomic E-state index is 0.00142. The van der Waals surface area contributed by atoms with Crippen LogP contribution in [0.2, 0.25) is 0 Å². The van der Waals surface area contributed by atoms with E-state index in [1.54, 1.807) is 35.2 Å². The monoisotopic (exact) mass is 450 g/mol. The van der Waals surface area contributed by atoms with E-state index in [0.717, 1.165) is 19.3 Å². The van der Waals surface area contributed by atoms with E-state index >= 15 is 0 Å². The van der Waals surface area contributed by atoms with Crippen LogP contribution in [-0.2, 0) is 19.6 Å². The summed E-state index contributed by atoms with van der Waals surface area (Å²) in [5, 5.41) is 2.97. The highest BCUT2D eigenvalue weighted by atomic mass is 32.2. The number of amides is 2. The zero-order valence-corrected chi connectivity index (χ0v) is 19.3. The number of piperazine rings is 1. The average Bonchev–Trinajstić information content (AvgIpc) is 2.79. The van der Waals surface area contributed by atoms with Gasteiger partial charge in [0, 0.05) is 38.8 Å². The molecule has 3 rings (SSSR count). The number of rotatable bonds is 7. The van der Waals surface area contributed by atoms with Crippen LogP contribution in [0.5, 0.6) is 0 Å². The van der Waals surface area contributed by atoms with Gasteiger partial charge in [0.25, 0.3) is 0 Å². The number of benzene rings is 1. The molecule has 2 aliphatic heterocycles. The summed E-state index contributed by atoms with van der Waals surface area (Å²) in [6, 6.07) is 7.83. The van der Waals surface area contributed by atoms with E-state index in [2.05, 4.69) is 5.32 Å². The number of sulfonamides is 1. The highest BCUT2D eigenvalue weighted by Gasteiger charge is 2.40. The van der Waals surface area contributed by atoms with Gasteiger partial charge in [0.1, 0.15) is 6.04 Å². The number of nitrogens with one attached hydrogen (secondary N) is 1. The van der Waals surface area contributed by atoms with E-state index in [9.17, 15) is 18.0 Å². The summed E-state index contributed by atoms with van der Waals surface area (Å²) in [5.74, 6) is -0.121. The molecule has 172 valence electrons. The van der Waals surface area contributed by atoms with Crippen molar-refractivity contribution in [3.8, 4) is 0 Å². The van der Waals surface area contributed by atoms with Crippen molar-refractivity contribution in [2.45, 2.75) is 56.5 Å². The van der Waals surface area contributed by atoms with Crippen LogP contribution in [0.25, 0.3) is 0 Å². The van der Waals surface area contributed by atoms with E-state index in [1.165, 1.54) is 4.31 Å². The van der Waals surface area contributed by atoms with Crippen molar-refractivity contribution in [1.29, 1.82) is 0 Å². The van der Waals surface area contributed by atoms with Crippen molar-refractivity contribution in [3.63, 3.8) is 0 Å². The number of piperidine rings is 1. The van der Waals surface area contributed by atoms with Crippen LogP contribution < -0.4 is 5.32 Å². The summed E-state index contributed by atoms with van der Waals surface area (Å²) < 4.78 is 27.7. The molecule has 2 amide bonds. The molecule has 2 aliphatic rings. The number of hydrogen-bond donors (Lipinski definition) is 1. The molecule has 9 heteroatoms. The largest absolute Gasteiger partial charge is 0.353 e. The van der Waals surface area contributed by atoms with Gasteiger partial charge in [-0.3, -0.25) is 14.5 Å². The minimum Gasteiger partial charge on any atom is -0.353 e. The smallest absolute Gasteiger partial charge is 0.243 e. The van der Waals surface area contributed by atoms with Gasteiger partial charge in [0.15, 0.2) is 0 Å². The van der Waals surface area contributed by atoms with Crippen molar-refractivity contribution in [1.82, 2.24) is 19.4 Å². The zero-order valence-electron chi connectivity index (χ0n) is 18.5. The first kappa shape index (κ1) is 23.7. The van der Waals surface area contributed by atoms with Gasteiger partial charge in [-0.15, -0.1) is 0 Å². The molecule has 31 heavy (non-hydrogen) atoms. The molecule has 2 heterocycles. The Balaban J connectivity index is 1.61. The lowest BCUT2D eigenvalue weighted by atomic mass is 10.0. The molecule has 1 aromatic carbocycles. The Morgan fingerprint density at radius 1 is 1.06 bits per heavy atom. The molecule has 2 fully saturated rings. The lowest BCUT2D eigenvalue weighted by Gasteiger charge is -2.40. The summed E-state index contributed by atoms with van der Waals surface area (Å²) in [7, 11) is -3.71. The van der Waals surface area contributed by atoms with E-state index in [-0.39, 0.29) is 22.8 Å². The normalized spacial score (nSPS) is 22.1. The third-order valence-electron chi connectivity index (χ3n) is 6.16. The van der Waals surface area contributed by atoms with Gasteiger partial charge < -0.3 is 10.2 Å². The van der Waals surface area contributed by atoms with Crippen LogP contribution in [0.15, 0.2) is 35.2 Å². The van der Waals surface area contributed by atoms with Gasteiger partial charge >= 0.3 is 0 Å². The predicted octanol–water partition coefficient (Wildman–Crippen LogP) is 1.29. The Bertz CT molecular complexity index is 854. The standard InChI is InChI=1S/C22H34N4O4S/c1-3-18(2)23-21(27)17-24-13-15-25(16-14-24)22(28)20-11-7-8-12-26(20)31(29,30)19-9-5-4-6-10-19/h4-6,9-10,18,20H,3,7-8,11-17H2,1-2H3,(H,23,27). The van der Waals surface area contributed by atoms with Crippen LogP contribution in [0.4, 0.5) is 0 Å². The first-order chi connectivity index (χ1) is 14.8. The summed E-state index contributed by atoms with van der Waals surface area (Å²) in [5.41, 5.74) is 0. The zero-order chi connectivity index (χ0) is 22.4. The highest BCUT2D eigenvalue weighted by molar-refractivity contribution is 7.89. The Kier molecular flexibility index (Phi) is 8.07. The molecule has 0 spiro atoms. The summed E-state index contributed by atoms with van der Waals surface area (Å²) in [4.78, 5) is 29.4. The Hall–Kier alpha value is -1.97. The third kappa shape index (κ3) is 5.84. The van der Waals surface area contributed by atoms with E-state index in [1.807, 2.05) is 18.7 Å². The molecular weight excluding hydrogens is 416 g/mol. The second kappa shape index (κ2) is 10.6. The molecule has 2 atom stereocenters. The molecule has 0 saturated carbocycles. The summed E-state index contributed by atoms with van der Waals surface area (Å²) in [6.07, 6.45) is 3.03. The molecule has 0 aromatic heterocycles. The van der Waals surface area contributed by atoms with Crippen LogP contribution in [0.3, 0.4) is 0 Å². The molecular formula is C22H34N4O4S. The Morgan fingerprint density at radius 2 is 1.74 bits per heavy atom. The van der Waals surface area contributed by atoms with Gasteiger partial charge in [-0.25, -0.2) is 8.42 Å². The summed E-state index contributed by atoms with van der Waals surface area (Å²) in [6.45, 7) is 6.93. The molecule has 1 aromatic rings. The SMILES string of the molecule is CCC(C)NC(=O)CN1CCN(C(=O)C2CCCCN2S(=O)(=O)c2ccccc2)CC1. The molecule has 0 radical (unpaired) electrons. The van der Waals surface area contributed by atoms with Gasteiger partial charge in [0.2, 0.25) is 21.8 Å². The molecule has 1 N–H and O–H groups in total. The maximum Gasteiger partial charge on any atom is 0.243 e. The maximum atomic E-state index is 13.3. The van der Waals surface area contributed by atoms with E-state index in [4.69, 9.17) is 0 Å². The average molecular weight is 451 g/mol. The minimum atomic E-state index is -3.71. The molecule has 0 bridgehead atoms. The van der Waals surface area contributed by atoms with Crippen LogP contribution >= 0.6 is 0 Å². The topological polar surface area (TPSA) is 90.0 Å². The van der Waals surface area contributed by atoms with Crippen LogP contribution in [-0.4, -0.2) is 85.7 Å². The summed E-state index contributed by atoms with van der Waals surface area (Å²) >= 11 is 0. The molecule has 2 unspecified atom stereocenters. The van der Waals surface area contributed by atoms with Crippen molar-refractivity contribution in [2.75, 3.05) is 39.3 Å². The second-order valence-corrected chi connectivity index (χ2v) is 10.3. The second-order valence-electron chi connectivity index (χ2n) is 8.42. The van der Waals surface area contributed by atoms with Crippen molar-refractivity contribution < 1.29 is 18.0 Å². The first-order valence-electron chi connectivity index (χ1n) is 11.2. The lowest BCUT2D eigenvalue weighted by molar-refractivity contribution is -0.138. The van der Waals surface area contributed by atoms with Gasteiger partial charge in [-0.2, -0.15) is 4.31 Å². The highest BCUT2D eigenvalue weighted by Crippen LogP contribution is 2.26. The van der Waals surface area contributed by atoms with Gasteiger partial charge in [-0.05, 0) is 38.3 Å².